The van der Waals surface area contributed by atoms with E-state index >= 15 is 0 Å². The highest BCUT2D eigenvalue weighted by molar-refractivity contribution is 7.89. The summed E-state index contributed by atoms with van der Waals surface area (Å²) in [6, 6.07) is 3.92. The van der Waals surface area contributed by atoms with Crippen LogP contribution in [0.15, 0.2) is 23.2 Å². The van der Waals surface area contributed by atoms with E-state index in [0.29, 0.717) is 19.1 Å². The monoisotopic (exact) mass is 352 g/mol. The third-order valence-corrected chi connectivity index (χ3v) is 7.09. The van der Waals surface area contributed by atoms with E-state index in [4.69, 9.17) is 0 Å². The van der Waals surface area contributed by atoms with Crippen molar-refractivity contribution in [2.24, 2.45) is 5.92 Å². The summed E-state index contributed by atoms with van der Waals surface area (Å²) in [7, 11) is -1.41. The Hall–Kier alpha value is -1.18. The highest BCUT2D eigenvalue weighted by atomic mass is 32.2. The van der Waals surface area contributed by atoms with E-state index in [1.54, 1.807) is 16.4 Å². The van der Waals surface area contributed by atoms with E-state index in [9.17, 15) is 8.42 Å². The minimum absolute atomic E-state index is 0.287. The van der Waals surface area contributed by atoms with Gasteiger partial charge in [-0.1, -0.05) is 6.92 Å². The summed E-state index contributed by atoms with van der Waals surface area (Å²) in [6.45, 7) is 4.92. The zero-order valence-electron chi connectivity index (χ0n) is 14.6. The van der Waals surface area contributed by atoms with Gasteiger partial charge in [-0.25, -0.2) is 13.4 Å². The van der Waals surface area contributed by atoms with Crippen molar-refractivity contribution < 1.29 is 8.42 Å². The molecule has 0 bridgehead atoms. The van der Waals surface area contributed by atoms with Gasteiger partial charge >= 0.3 is 0 Å². The van der Waals surface area contributed by atoms with Crippen molar-refractivity contribution in [1.29, 1.82) is 0 Å². The van der Waals surface area contributed by atoms with Gasteiger partial charge in [-0.2, -0.15) is 4.31 Å². The molecule has 1 aromatic heterocycles. The molecule has 1 aromatic rings. The quantitative estimate of drug-likeness (QED) is 0.898. The van der Waals surface area contributed by atoms with Crippen LogP contribution in [0, 0.1) is 5.92 Å². The van der Waals surface area contributed by atoms with Gasteiger partial charge < -0.3 is 10.2 Å². The van der Waals surface area contributed by atoms with E-state index < -0.39 is 10.0 Å². The van der Waals surface area contributed by atoms with Crippen molar-refractivity contribution in [3.63, 3.8) is 0 Å². The van der Waals surface area contributed by atoms with Gasteiger partial charge in [-0.3, -0.25) is 0 Å². The molecule has 24 heavy (non-hydrogen) atoms. The number of aromatic nitrogens is 1. The van der Waals surface area contributed by atoms with Gasteiger partial charge in [0.05, 0.1) is 0 Å². The van der Waals surface area contributed by atoms with Crippen LogP contribution in [-0.2, 0) is 10.0 Å². The topological polar surface area (TPSA) is 65.5 Å². The van der Waals surface area contributed by atoms with Gasteiger partial charge in [0.25, 0.3) is 0 Å². The Balaban J connectivity index is 1.63. The predicted octanol–water partition coefficient (Wildman–Crippen LogP) is 2.01. The van der Waals surface area contributed by atoms with E-state index in [2.05, 4.69) is 22.1 Å². The number of anilines is 1. The van der Waals surface area contributed by atoms with Crippen LogP contribution < -0.4 is 5.32 Å². The number of nitrogens with zero attached hydrogens (tertiary/aromatic N) is 3. The molecule has 1 N–H and O–H groups in total. The van der Waals surface area contributed by atoms with Crippen molar-refractivity contribution in [3.8, 4) is 0 Å². The van der Waals surface area contributed by atoms with Crippen LogP contribution in [0.1, 0.15) is 32.6 Å². The maximum atomic E-state index is 12.7. The molecule has 0 unspecified atom stereocenters. The molecule has 6 nitrogen and oxygen atoms in total. The maximum Gasteiger partial charge on any atom is 0.244 e. The van der Waals surface area contributed by atoms with Crippen molar-refractivity contribution in [3.05, 3.63) is 18.3 Å². The second-order valence-corrected chi connectivity index (χ2v) is 9.13. The van der Waals surface area contributed by atoms with Crippen molar-refractivity contribution in [2.45, 2.75) is 43.5 Å². The van der Waals surface area contributed by atoms with Crippen molar-refractivity contribution in [1.82, 2.24) is 14.2 Å². The maximum absolute atomic E-state index is 12.7. The first kappa shape index (κ1) is 17.6. The summed E-state index contributed by atoms with van der Waals surface area (Å²) in [6.07, 6.45) is 6.29. The number of piperazine rings is 1. The molecule has 0 radical (unpaired) electrons. The molecule has 3 rings (SSSR count). The smallest absolute Gasteiger partial charge is 0.244 e. The number of nitrogens with one attached hydrogen (secondary N) is 1. The largest absolute Gasteiger partial charge is 0.367 e. The zero-order chi connectivity index (χ0) is 17.2. The highest BCUT2D eigenvalue weighted by Gasteiger charge is 2.27. The summed E-state index contributed by atoms with van der Waals surface area (Å²) in [5.41, 5.74) is 0. The fourth-order valence-corrected chi connectivity index (χ4v) is 4.78. The van der Waals surface area contributed by atoms with Gasteiger partial charge in [0.1, 0.15) is 10.7 Å². The van der Waals surface area contributed by atoms with Gasteiger partial charge in [0.2, 0.25) is 10.0 Å². The lowest BCUT2D eigenvalue weighted by atomic mass is 9.87. The molecular weight excluding hydrogens is 324 g/mol. The number of likely N-dealkylation sites (N-methyl/N-ethyl adjacent to an activating group) is 1. The lowest BCUT2D eigenvalue weighted by molar-refractivity contribution is 0.222. The van der Waals surface area contributed by atoms with Crippen LogP contribution in [0.25, 0.3) is 0 Å². The molecule has 1 aliphatic heterocycles. The van der Waals surface area contributed by atoms with Gasteiger partial charge in [-0.05, 0) is 50.8 Å². The van der Waals surface area contributed by atoms with Crippen LogP contribution in [-0.4, -0.2) is 61.9 Å². The number of rotatable bonds is 4. The van der Waals surface area contributed by atoms with Gasteiger partial charge in [0, 0.05) is 38.4 Å². The average Bonchev–Trinajstić information content (AvgIpc) is 2.58. The molecule has 2 fully saturated rings. The Morgan fingerprint density at radius 3 is 2.33 bits per heavy atom. The fourth-order valence-electron chi connectivity index (χ4n) is 3.41. The molecule has 1 aliphatic carbocycles. The SMILES string of the molecule is CC1CCC(Nc2ccc(S(=O)(=O)N3CCN(C)CC3)cn2)CC1. The van der Waals surface area contributed by atoms with Crippen molar-refractivity contribution >= 4 is 15.8 Å². The second kappa shape index (κ2) is 7.37. The highest BCUT2D eigenvalue weighted by Crippen LogP contribution is 2.26. The van der Waals surface area contributed by atoms with Crippen LogP contribution >= 0.6 is 0 Å². The molecule has 2 heterocycles. The molecule has 2 aliphatic rings. The van der Waals surface area contributed by atoms with E-state index in [1.165, 1.54) is 19.0 Å². The van der Waals surface area contributed by atoms with Crippen LogP contribution in [0.4, 0.5) is 5.82 Å². The summed E-state index contributed by atoms with van der Waals surface area (Å²) < 4.78 is 26.9. The molecule has 0 amide bonds. The Labute approximate surface area is 145 Å². The second-order valence-electron chi connectivity index (χ2n) is 7.19. The number of hydrogen-bond donors (Lipinski definition) is 1. The predicted molar refractivity (Wildman–Crippen MR) is 95.5 cm³/mol. The Morgan fingerprint density at radius 1 is 1.08 bits per heavy atom. The molecule has 0 aromatic carbocycles. The zero-order valence-corrected chi connectivity index (χ0v) is 15.4. The summed E-state index contributed by atoms with van der Waals surface area (Å²) >= 11 is 0. The first-order valence-corrected chi connectivity index (χ1v) is 10.3. The van der Waals surface area contributed by atoms with Crippen LogP contribution in [0.3, 0.4) is 0 Å². The van der Waals surface area contributed by atoms with Crippen molar-refractivity contribution in [2.75, 3.05) is 38.5 Å². The van der Waals surface area contributed by atoms with E-state index in [-0.39, 0.29) is 4.90 Å². The van der Waals surface area contributed by atoms with Gasteiger partial charge in [0.15, 0.2) is 0 Å². The first-order chi connectivity index (χ1) is 11.4. The standard InChI is InChI=1S/C17H28N4O2S/c1-14-3-5-15(6-4-14)19-17-8-7-16(13-18-17)24(22,23)21-11-9-20(2)10-12-21/h7-8,13-15H,3-6,9-12H2,1-2H3,(H,18,19). The summed E-state index contributed by atoms with van der Waals surface area (Å²) in [5, 5.41) is 3.44. The molecule has 1 saturated carbocycles. The summed E-state index contributed by atoms with van der Waals surface area (Å²) in [4.78, 5) is 6.77. The third kappa shape index (κ3) is 4.07. The molecule has 0 spiro atoms. The number of hydrogen-bond acceptors (Lipinski definition) is 5. The lowest BCUT2D eigenvalue weighted by Crippen LogP contribution is -2.47. The third-order valence-electron chi connectivity index (χ3n) is 5.20. The minimum atomic E-state index is -3.43. The normalized spacial score (nSPS) is 27.1. The number of pyridine rings is 1. The molecule has 7 heteroatoms. The molecule has 1 saturated heterocycles. The first-order valence-electron chi connectivity index (χ1n) is 8.86. The number of sulfonamides is 1. The summed E-state index contributed by atoms with van der Waals surface area (Å²) in [5.74, 6) is 1.58. The van der Waals surface area contributed by atoms with Crippen LogP contribution in [0.2, 0.25) is 0 Å². The minimum Gasteiger partial charge on any atom is -0.367 e. The fraction of sp³-hybridized carbons (Fsp3) is 0.706. The molecular formula is C17H28N4O2S. The lowest BCUT2D eigenvalue weighted by Gasteiger charge is -2.31. The Morgan fingerprint density at radius 2 is 1.75 bits per heavy atom. The van der Waals surface area contributed by atoms with E-state index in [1.807, 2.05) is 7.05 Å². The average molecular weight is 353 g/mol. The Kier molecular flexibility index (Phi) is 5.42. The Bertz CT molecular complexity index is 631. The molecule has 134 valence electrons. The molecule has 0 atom stereocenters. The van der Waals surface area contributed by atoms with Gasteiger partial charge in [-0.15, -0.1) is 0 Å². The van der Waals surface area contributed by atoms with Crippen LogP contribution in [0.5, 0.6) is 0 Å². The van der Waals surface area contributed by atoms with E-state index in [0.717, 1.165) is 37.7 Å².